The van der Waals surface area contributed by atoms with Crippen molar-refractivity contribution in [3.63, 3.8) is 0 Å². The number of halogens is 3. The van der Waals surface area contributed by atoms with Gasteiger partial charge >= 0.3 is 6.18 Å². The van der Waals surface area contributed by atoms with Gasteiger partial charge in [0.2, 0.25) is 11.1 Å². The summed E-state index contributed by atoms with van der Waals surface area (Å²) >= 11 is 1.10. The molecule has 0 aliphatic rings. The Kier molecular flexibility index (Phi) is 5.09. The number of anilines is 1. The number of nitrogens with zero attached hydrogens (tertiary/aromatic N) is 4. The van der Waals surface area contributed by atoms with E-state index in [2.05, 4.69) is 20.4 Å². The molecule has 3 rings (SSSR count). The molecule has 1 atom stereocenters. The van der Waals surface area contributed by atoms with Gasteiger partial charge in [-0.3, -0.25) is 4.79 Å². The summed E-state index contributed by atoms with van der Waals surface area (Å²) < 4.78 is 39.9. The Hall–Kier alpha value is -2.62. The van der Waals surface area contributed by atoms with Crippen molar-refractivity contribution in [2.45, 2.75) is 37.4 Å². The lowest BCUT2D eigenvalue weighted by Gasteiger charge is -2.12. The van der Waals surface area contributed by atoms with Crippen molar-refractivity contribution >= 4 is 29.1 Å². The van der Waals surface area contributed by atoms with Crippen LogP contribution in [0.15, 0.2) is 35.5 Å². The third kappa shape index (κ3) is 4.38. The van der Waals surface area contributed by atoms with Crippen LogP contribution in [0.4, 0.5) is 18.9 Å². The minimum absolute atomic E-state index is 0.0818. The summed E-state index contributed by atoms with van der Waals surface area (Å²) in [5.41, 5.74) is 0.926. The first-order chi connectivity index (χ1) is 12.6. The molecule has 0 bridgehead atoms. The number of nitrogens with one attached hydrogen (secondary N) is 1. The van der Waals surface area contributed by atoms with Gasteiger partial charge in [-0.15, -0.1) is 5.10 Å². The van der Waals surface area contributed by atoms with E-state index in [9.17, 15) is 18.0 Å². The number of hydrogen-bond acceptors (Lipinski definition) is 5. The quantitative estimate of drug-likeness (QED) is 0.679. The average Bonchev–Trinajstić information content (AvgIpc) is 2.97. The molecule has 0 unspecified atom stereocenters. The second-order valence-electron chi connectivity index (χ2n) is 5.97. The second kappa shape index (κ2) is 7.18. The Balaban J connectivity index is 1.72. The summed E-state index contributed by atoms with van der Waals surface area (Å²) in [7, 11) is 0. The van der Waals surface area contributed by atoms with E-state index in [0.717, 1.165) is 35.3 Å². The third-order valence-corrected chi connectivity index (χ3v) is 4.66. The molecule has 1 aromatic carbocycles. The molecule has 3 aromatic rings. The summed E-state index contributed by atoms with van der Waals surface area (Å²) in [4.78, 5) is 20.9. The number of thioether (sulfide) groups is 1. The largest absolute Gasteiger partial charge is 0.416 e. The number of aryl methyl sites for hydroxylation is 2. The zero-order valence-electron chi connectivity index (χ0n) is 14.7. The highest BCUT2D eigenvalue weighted by molar-refractivity contribution is 8.00. The molecular weight excluding hydrogens is 379 g/mol. The fourth-order valence-corrected chi connectivity index (χ4v) is 3.17. The fraction of sp³-hybridized carbons (Fsp3) is 0.294. The van der Waals surface area contributed by atoms with Gasteiger partial charge in [-0.25, -0.2) is 9.50 Å². The van der Waals surface area contributed by atoms with E-state index in [-0.39, 0.29) is 5.69 Å². The number of hydrogen-bond donors (Lipinski definition) is 1. The minimum atomic E-state index is -4.47. The molecule has 1 amide bonds. The van der Waals surface area contributed by atoms with Crippen LogP contribution in [0.2, 0.25) is 0 Å². The van der Waals surface area contributed by atoms with Crippen LogP contribution in [0, 0.1) is 13.8 Å². The Morgan fingerprint density at radius 1 is 1.22 bits per heavy atom. The predicted molar refractivity (Wildman–Crippen MR) is 95.6 cm³/mol. The smallest absolute Gasteiger partial charge is 0.325 e. The molecule has 0 spiro atoms. The third-order valence-electron chi connectivity index (χ3n) is 3.71. The molecular formula is C17H16F3N5OS. The Morgan fingerprint density at radius 3 is 2.67 bits per heavy atom. The van der Waals surface area contributed by atoms with E-state index >= 15 is 0 Å². The fourth-order valence-electron chi connectivity index (χ4n) is 2.43. The van der Waals surface area contributed by atoms with Crippen molar-refractivity contribution in [3.8, 4) is 0 Å². The van der Waals surface area contributed by atoms with Gasteiger partial charge in [-0.1, -0.05) is 17.8 Å². The molecule has 142 valence electrons. The monoisotopic (exact) mass is 395 g/mol. The summed E-state index contributed by atoms with van der Waals surface area (Å²) in [6, 6.07) is 6.36. The molecule has 2 heterocycles. The van der Waals surface area contributed by atoms with Gasteiger partial charge in [0.25, 0.3) is 5.78 Å². The Morgan fingerprint density at radius 2 is 1.96 bits per heavy atom. The van der Waals surface area contributed by atoms with Crippen molar-refractivity contribution < 1.29 is 18.0 Å². The second-order valence-corrected chi connectivity index (χ2v) is 7.28. The van der Waals surface area contributed by atoms with E-state index in [1.54, 1.807) is 11.4 Å². The normalized spacial score (nSPS) is 13.0. The number of benzene rings is 1. The van der Waals surface area contributed by atoms with Gasteiger partial charge in [-0.05, 0) is 45.0 Å². The summed E-state index contributed by atoms with van der Waals surface area (Å²) in [5, 5.41) is 6.55. The van der Waals surface area contributed by atoms with Crippen molar-refractivity contribution in [3.05, 3.63) is 47.3 Å². The summed E-state index contributed by atoms with van der Waals surface area (Å²) in [6.07, 6.45) is -4.47. The van der Waals surface area contributed by atoms with E-state index in [1.807, 2.05) is 19.9 Å². The van der Waals surface area contributed by atoms with Crippen LogP contribution >= 0.6 is 11.8 Å². The molecule has 1 N–H and O–H groups in total. The van der Waals surface area contributed by atoms with Gasteiger partial charge in [0.1, 0.15) is 0 Å². The molecule has 0 fully saturated rings. The van der Waals surface area contributed by atoms with Gasteiger partial charge in [0.15, 0.2) is 0 Å². The molecule has 10 heteroatoms. The lowest BCUT2D eigenvalue weighted by atomic mass is 10.2. The van der Waals surface area contributed by atoms with Crippen LogP contribution < -0.4 is 5.32 Å². The minimum Gasteiger partial charge on any atom is -0.325 e. The highest BCUT2D eigenvalue weighted by atomic mass is 32.2. The van der Waals surface area contributed by atoms with Crippen molar-refractivity contribution in [2.24, 2.45) is 0 Å². The first-order valence-corrected chi connectivity index (χ1v) is 8.87. The summed E-state index contributed by atoms with van der Waals surface area (Å²) in [5.74, 6) is -0.0143. The molecule has 0 saturated heterocycles. The maximum absolute atomic E-state index is 12.8. The molecule has 2 aromatic heterocycles. The van der Waals surface area contributed by atoms with Gasteiger partial charge in [0.05, 0.1) is 10.8 Å². The zero-order chi connectivity index (χ0) is 19.8. The highest BCUT2D eigenvalue weighted by Gasteiger charge is 2.30. The van der Waals surface area contributed by atoms with Gasteiger partial charge < -0.3 is 5.32 Å². The number of aromatic nitrogens is 4. The van der Waals surface area contributed by atoms with Crippen molar-refractivity contribution in [2.75, 3.05) is 5.32 Å². The molecule has 0 aliphatic heterocycles. The van der Waals surface area contributed by atoms with Crippen LogP contribution in [0.5, 0.6) is 0 Å². The molecule has 0 saturated carbocycles. The van der Waals surface area contributed by atoms with E-state index in [4.69, 9.17) is 0 Å². The standard InChI is InChI=1S/C17H16F3N5OS/c1-9-7-10(2)25-15(21-9)23-16(24-25)27-11(3)14(26)22-13-6-4-5-12(8-13)17(18,19)20/h4-8,11H,1-3H3,(H,22,26)/t11-/m0/s1. The number of fused-ring (bicyclic) bond motifs is 1. The van der Waals surface area contributed by atoms with Gasteiger partial charge in [0, 0.05) is 17.1 Å². The zero-order valence-corrected chi connectivity index (χ0v) is 15.5. The SMILES string of the molecule is Cc1cc(C)n2nc(S[C@@H](C)C(=O)Nc3cccc(C(F)(F)F)c3)nc2n1. The number of amides is 1. The topological polar surface area (TPSA) is 72.2 Å². The van der Waals surface area contributed by atoms with Crippen molar-refractivity contribution in [1.29, 1.82) is 0 Å². The maximum atomic E-state index is 12.8. The molecule has 6 nitrogen and oxygen atoms in total. The van der Waals surface area contributed by atoms with Crippen LogP contribution in [0.3, 0.4) is 0 Å². The van der Waals surface area contributed by atoms with Crippen LogP contribution in [0.25, 0.3) is 5.78 Å². The first kappa shape index (κ1) is 19.2. The highest BCUT2D eigenvalue weighted by Crippen LogP contribution is 2.31. The van der Waals surface area contributed by atoms with E-state index in [1.165, 1.54) is 12.1 Å². The predicted octanol–water partition coefficient (Wildman–Crippen LogP) is 3.88. The van der Waals surface area contributed by atoms with E-state index < -0.39 is 22.9 Å². The Bertz CT molecular complexity index is 1000. The number of alkyl halides is 3. The van der Waals surface area contributed by atoms with Crippen LogP contribution in [-0.4, -0.2) is 30.7 Å². The van der Waals surface area contributed by atoms with E-state index in [0.29, 0.717) is 10.9 Å². The molecule has 0 aliphatic carbocycles. The van der Waals surface area contributed by atoms with Gasteiger partial charge in [-0.2, -0.15) is 18.2 Å². The lowest BCUT2D eigenvalue weighted by molar-refractivity contribution is -0.137. The Labute approximate surface area is 157 Å². The van der Waals surface area contributed by atoms with Crippen LogP contribution in [-0.2, 0) is 11.0 Å². The molecule has 0 radical (unpaired) electrons. The first-order valence-electron chi connectivity index (χ1n) is 7.99. The number of carbonyl (C=O) groups excluding carboxylic acids is 1. The summed E-state index contributed by atoms with van der Waals surface area (Å²) in [6.45, 7) is 5.35. The average molecular weight is 395 g/mol. The number of rotatable bonds is 4. The van der Waals surface area contributed by atoms with Crippen LogP contribution in [0.1, 0.15) is 23.9 Å². The van der Waals surface area contributed by atoms with Crippen molar-refractivity contribution in [1.82, 2.24) is 19.6 Å². The maximum Gasteiger partial charge on any atom is 0.416 e. The lowest BCUT2D eigenvalue weighted by Crippen LogP contribution is -2.22. The number of carbonyl (C=O) groups is 1. The molecule has 27 heavy (non-hydrogen) atoms.